The molecule has 1 aromatic rings. The van der Waals surface area contributed by atoms with Crippen molar-refractivity contribution in [1.82, 2.24) is 10.2 Å². The number of hydrogen-bond acceptors (Lipinski definition) is 4. The van der Waals surface area contributed by atoms with E-state index in [-0.39, 0.29) is 5.56 Å². The van der Waals surface area contributed by atoms with Gasteiger partial charge in [0.25, 0.3) is 5.92 Å². The summed E-state index contributed by atoms with van der Waals surface area (Å²) < 4.78 is 28.2. The number of nitrogens with one attached hydrogen (secondary N) is 1. The summed E-state index contributed by atoms with van der Waals surface area (Å²) in [6.45, 7) is 0.848. The number of carboxylic acid groups (broad SMARTS) is 1. The van der Waals surface area contributed by atoms with Gasteiger partial charge in [-0.1, -0.05) is 12.1 Å². The highest BCUT2D eigenvalue weighted by atomic mass is 19.3. The molecule has 0 unspecified atom stereocenters. The first kappa shape index (κ1) is 15.8. The second kappa shape index (κ2) is 6.46. The van der Waals surface area contributed by atoms with Crippen LogP contribution in [0.2, 0.25) is 0 Å². The Kier molecular flexibility index (Phi) is 4.87. The maximum atomic E-state index is 14.1. The molecule has 0 amide bonds. The van der Waals surface area contributed by atoms with Crippen LogP contribution in [0.5, 0.6) is 0 Å². The molecule has 116 valence electrons. The van der Waals surface area contributed by atoms with Gasteiger partial charge in [0.1, 0.15) is 12.6 Å². The number of aliphatic hydroxyl groups excluding tert-OH is 1. The second-order valence-corrected chi connectivity index (χ2v) is 5.03. The molecule has 1 aliphatic rings. The Morgan fingerprint density at radius 1 is 1.29 bits per heavy atom. The van der Waals surface area contributed by atoms with E-state index in [0.717, 1.165) is 0 Å². The minimum atomic E-state index is -3.29. The molecule has 0 spiro atoms. The van der Waals surface area contributed by atoms with E-state index >= 15 is 0 Å². The molecule has 7 heteroatoms. The molecule has 21 heavy (non-hydrogen) atoms. The van der Waals surface area contributed by atoms with Crippen molar-refractivity contribution in [2.45, 2.75) is 12.0 Å². The summed E-state index contributed by atoms with van der Waals surface area (Å²) in [6, 6.07) is 4.13. The zero-order valence-corrected chi connectivity index (χ0v) is 11.4. The van der Waals surface area contributed by atoms with Gasteiger partial charge < -0.3 is 15.5 Å². The van der Waals surface area contributed by atoms with Crippen molar-refractivity contribution in [3.8, 4) is 0 Å². The minimum Gasteiger partial charge on any atom is -0.478 e. The molecule has 1 saturated heterocycles. The second-order valence-electron chi connectivity index (χ2n) is 5.03. The third-order valence-corrected chi connectivity index (χ3v) is 3.60. The SMILES string of the molecule is O=C(O)c1ccc([C@H](N2CCNCC2)C(F)(F)CO)cc1. The van der Waals surface area contributed by atoms with Gasteiger partial charge in [0.2, 0.25) is 0 Å². The highest BCUT2D eigenvalue weighted by Gasteiger charge is 2.43. The lowest BCUT2D eigenvalue weighted by atomic mass is 9.97. The van der Waals surface area contributed by atoms with Crippen LogP contribution < -0.4 is 5.32 Å². The molecule has 1 heterocycles. The van der Waals surface area contributed by atoms with E-state index in [1.165, 1.54) is 24.3 Å². The molecule has 1 fully saturated rings. The van der Waals surface area contributed by atoms with Crippen LogP contribution in [0.3, 0.4) is 0 Å². The number of halogens is 2. The molecule has 1 atom stereocenters. The van der Waals surface area contributed by atoms with Crippen LogP contribution in [0.25, 0.3) is 0 Å². The van der Waals surface area contributed by atoms with Crippen molar-refractivity contribution in [2.75, 3.05) is 32.8 Å². The quantitative estimate of drug-likeness (QED) is 0.755. The summed E-state index contributed by atoms with van der Waals surface area (Å²) in [4.78, 5) is 12.4. The predicted octanol–water partition coefficient (Wildman–Crippen LogP) is 0.959. The Hall–Kier alpha value is -1.57. The van der Waals surface area contributed by atoms with Gasteiger partial charge in [-0.05, 0) is 17.7 Å². The first-order chi connectivity index (χ1) is 9.95. The summed E-state index contributed by atoms with van der Waals surface area (Å²) in [5.74, 6) is -4.39. The Morgan fingerprint density at radius 2 is 1.86 bits per heavy atom. The standard InChI is InChI=1S/C14H18F2N2O3/c15-14(16,9-19)12(18-7-5-17-6-8-18)10-1-3-11(4-2-10)13(20)21/h1-4,12,17,19H,5-9H2,(H,20,21)/t12-/m0/s1. The first-order valence-electron chi connectivity index (χ1n) is 6.72. The number of piperazine rings is 1. The number of alkyl halides is 2. The van der Waals surface area contributed by atoms with Crippen molar-refractivity contribution < 1.29 is 23.8 Å². The summed E-state index contributed by atoms with van der Waals surface area (Å²) in [7, 11) is 0. The number of aromatic carboxylic acids is 1. The average molecular weight is 300 g/mol. The van der Waals surface area contributed by atoms with Crippen molar-refractivity contribution >= 4 is 5.97 Å². The predicted molar refractivity (Wildman–Crippen MR) is 72.6 cm³/mol. The molecule has 1 aliphatic heterocycles. The summed E-state index contributed by atoms with van der Waals surface area (Å²) in [5.41, 5.74) is 0.353. The van der Waals surface area contributed by atoms with Crippen LogP contribution >= 0.6 is 0 Å². The van der Waals surface area contributed by atoms with Gasteiger partial charge in [-0.15, -0.1) is 0 Å². The van der Waals surface area contributed by atoms with E-state index in [0.29, 0.717) is 31.7 Å². The normalized spacial score (nSPS) is 18.4. The summed E-state index contributed by atoms with van der Waals surface area (Å²) >= 11 is 0. The minimum absolute atomic E-state index is 0.0464. The fourth-order valence-corrected chi connectivity index (χ4v) is 2.56. The van der Waals surface area contributed by atoms with E-state index in [2.05, 4.69) is 5.32 Å². The Morgan fingerprint density at radius 3 is 2.33 bits per heavy atom. The van der Waals surface area contributed by atoms with E-state index in [1.807, 2.05) is 0 Å². The molecule has 0 saturated carbocycles. The van der Waals surface area contributed by atoms with Crippen molar-refractivity contribution in [3.05, 3.63) is 35.4 Å². The molecular formula is C14H18F2N2O3. The molecule has 3 N–H and O–H groups in total. The maximum absolute atomic E-state index is 14.1. The Bertz CT molecular complexity index is 487. The van der Waals surface area contributed by atoms with Crippen molar-refractivity contribution in [2.24, 2.45) is 0 Å². The van der Waals surface area contributed by atoms with E-state index in [1.54, 1.807) is 4.90 Å². The van der Waals surface area contributed by atoms with Crippen LogP contribution in [0.1, 0.15) is 22.0 Å². The third kappa shape index (κ3) is 3.55. The fraction of sp³-hybridized carbons (Fsp3) is 0.500. The molecule has 0 bridgehead atoms. The molecular weight excluding hydrogens is 282 g/mol. The molecule has 2 rings (SSSR count). The van der Waals surface area contributed by atoms with Gasteiger partial charge in [0.05, 0.1) is 5.56 Å². The van der Waals surface area contributed by atoms with Crippen LogP contribution in [-0.4, -0.2) is 59.8 Å². The average Bonchev–Trinajstić information content (AvgIpc) is 2.49. The highest BCUT2D eigenvalue weighted by molar-refractivity contribution is 5.87. The fourth-order valence-electron chi connectivity index (χ4n) is 2.56. The Labute approximate surface area is 121 Å². The van der Waals surface area contributed by atoms with Gasteiger partial charge >= 0.3 is 5.97 Å². The lowest BCUT2D eigenvalue weighted by Gasteiger charge is -2.38. The lowest BCUT2D eigenvalue weighted by molar-refractivity contribution is -0.118. The lowest BCUT2D eigenvalue weighted by Crippen LogP contribution is -2.51. The maximum Gasteiger partial charge on any atom is 0.335 e. The van der Waals surface area contributed by atoms with E-state index in [9.17, 15) is 13.6 Å². The summed E-state index contributed by atoms with van der Waals surface area (Å²) in [6.07, 6.45) is 0. The topological polar surface area (TPSA) is 72.8 Å². The van der Waals surface area contributed by atoms with Gasteiger partial charge in [0, 0.05) is 26.2 Å². The van der Waals surface area contributed by atoms with Crippen LogP contribution in [0.15, 0.2) is 24.3 Å². The number of hydrogen-bond donors (Lipinski definition) is 3. The first-order valence-corrected chi connectivity index (χ1v) is 6.72. The highest BCUT2D eigenvalue weighted by Crippen LogP contribution is 2.36. The van der Waals surface area contributed by atoms with Gasteiger partial charge in [0.15, 0.2) is 0 Å². The number of carboxylic acids is 1. The van der Waals surface area contributed by atoms with Crippen LogP contribution in [0, 0.1) is 0 Å². The third-order valence-electron chi connectivity index (χ3n) is 3.60. The van der Waals surface area contributed by atoms with Gasteiger partial charge in [-0.3, -0.25) is 4.90 Å². The van der Waals surface area contributed by atoms with Crippen molar-refractivity contribution in [3.63, 3.8) is 0 Å². The van der Waals surface area contributed by atoms with Crippen LogP contribution in [-0.2, 0) is 0 Å². The van der Waals surface area contributed by atoms with Crippen LogP contribution in [0.4, 0.5) is 8.78 Å². The number of nitrogens with zero attached hydrogens (tertiary/aromatic N) is 1. The number of benzene rings is 1. The smallest absolute Gasteiger partial charge is 0.335 e. The molecule has 5 nitrogen and oxygen atoms in total. The van der Waals surface area contributed by atoms with Gasteiger partial charge in [-0.2, -0.15) is 0 Å². The number of carbonyl (C=O) groups is 1. The molecule has 0 aromatic heterocycles. The monoisotopic (exact) mass is 300 g/mol. The largest absolute Gasteiger partial charge is 0.478 e. The summed E-state index contributed by atoms with van der Waals surface area (Å²) in [5, 5.41) is 21.0. The number of aliphatic hydroxyl groups is 1. The zero-order valence-electron chi connectivity index (χ0n) is 11.4. The Balaban J connectivity index is 2.32. The van der Waals surface area contributed by atoms with E-state index in [4.69, 9.17) is 10.2 Å². The zero-order chi connectivity index (χ0) is 15.5. The molecule has 0 radical (unpaired) electrons. The van der Waals surface area contributed by atoms with E-state index < -0.39 is 24.5 Å². The number of rotatable bonds is 5. The molecule has 0 aliphatic carbocycles. The van der Waals surface area contributed by atoms with Gasteiger partial charge in [-0.25, -0.2) is 13.6 Å². The van der Waals surface area contributed by atoms with Crippen molar-refractivity contribution in [1.29, 1.82) is 0 Å². The molecule has 1 aromatic carbocycles.